The number of carbonyl (C=O) groups is 1. The Hall–Kier alpha value is -2.37. The molecule has 2 aromatic rings. The van der Waals surface area contributed by atoms with Crippen LogP contribution in [0.1, 0.15) is 25.3 Å². The largest absolute Gasteiger partial charge is 0.494 e. The summed E-state index contributed by atoms with van der Waals surface area (Å²) in [5.41, 5.74) is 1.51. The van der Waals surface area contributed by atoms with E-state index in [2.05, 4.69) is 17.6 Å². The van der Waals surface area contributed by atoms with Crippen LogP contribution in [0.2, 0.25) is 5.02 Å². The maximum Gasteiger partial charge on any atom is 0.250 e. The lowest BCUT2D eigenvalue weighted by Crippen LogP contribution is -2.32. The smallest absolute Gasteiger partial charge is 0.250 e. The summed E-state index contributed by atoms with van der Waals surface area (Å²) in [5, 5.41) is 6.37. The highest BCUT2D eigenvalue weighted by molar-refractivity contribution is 7.80. The van der Waals surface area contributed by atoms with E-state index in [4.69, 9.17) is 28.6 Å². The lowest BCUT2D eigenvalue weighted by atomic mass is 10.2. The van der Waals surface area contributed by atoms with Crippen molar-refractivity contribution in [3.63, 3.8) is 0 Å². The van der Waals surface area contributed by atoms with Gasteiger partial charge in [0.15, 0.2) is 5.11 Å². The molecule has 0 heterocycles. The van der Waals surface area contributed by atoms with Gasteiger partial charge < -0.3 is 10.1 Å². The molecule has 0 saturated heterocycles. The second kappa shape index (κ2) is 10.6. The topological polar surface area (TPSA) is 50.4 Å². The summed E-state index contributed by atoms with van der Waals surface area (Å²) in [7, 11) is 0. The molecule has 4 nitrogen and oxygen atoms in total. The quantitative estimate of drug-likeness (QED) is 0.396. The number of rotatable bonds is 7. The van der Waals surface area contributed by atoms with Crippen molar-refractivity contribution in [2.24, 2.45) is 0 Å². The first-order valence-corrected chi connectivity index (χ1v) is 9.14. The Morgan fingerprint density at radius 2 is 2.04 bits per heavy atom. The van der Waals surface area contributed by atoms with Gasteiger partial charge in [0.2, 0.25) is 5.91 Å². The van der Waals surface area contributed by atoms with Gasteiger partial charge in [-0.2, -0.15) is 0 Å². The number of hydrogen-bond donors (Lipinski definition) is 2. The molecular weight excluding hydrogens is 368 g/mol. The normalized spacial score (nSPS) is 10.5. The molecule has 6 heteroatoms. The average Bonchev–Trinajstić information content (AvgIpc) is 2.61. The second-order valence-corrected chi connectivity index (χ2v) is 6.34. The lowest BCUT2D eigenvalue weighted by Gasteiger charge is -2.10. The van der Waals surface area contributed by atoms with Crippen LogP contribution in [0.3, 0.4) is 0 Å². The second-order valence-electron chi connectivity index (χ2n) is 5.53. The number of nitrogens with one attached hydrogen (secondary N) is 2. The van der Waals surface area contributed by atoms with Crippen LogP contribution >= 0.6 is 23.8 Å². The van der Waals surface area contributed by atoms with E-state index in [0.29, 0.717) is 11.6 Å². The van der Waals surface area contributed by atoms with Crippen molar-refractivity contribution in [3.8, 4) is 5.75 Å². The molecule has 0 fully saturated rings. The van der Waals surface area contributed by atoms with Gasteiger partial charge in [0.25, 0.3) is 0 Å². The van der Waals surface area contributed by atoms with E-state index in [-0.39, 0.29) is 11.0 Å². The zero-order valence-electron chi connectivity index (χ0n) is 14.5. The molecule has 0 atom stereocenters. The van der Waals surface area contributed by atoms with Crippen LogP contribution in [0.5, 0.6) is 5.75 Å². The molecule has 2 rings (SSSR count). The highest BCUT2D eigenvalue weighted by Crippen LogP contribution is 2.18. The van der Waals surface area contributed by atoms with Crippen molar-refractivity contribution in [1.29, 1.82) is 0 Å². The maximum absolute atomic E-state index is 12.0. The van der Waals surface area contributed by atoms with Gasteiger partial charge in [0.1, 0.15) is 5.75 Å². The Bertz CT molecular complexity index is 793. The molecule has 0 aromatic heterocycles. The number of ether oxygens (including phenoxy) is 1. The van der Waals surface area contributed by atoms with Crippen molar-refractivity contribution >= 4 is 46.6 Å². The first kappa shape index (κ1) is 19.9. The first-order chi connectivity index (χ1) is 12.6. The van der Waals surface area contributed by atoms with Gasteiger partial charge in [-0.1, -0.05) is 49.2 Å². The van der Waals surface area contributed by atoms with Crippen molar-refractivity contribution in [1.82, 2.24) is 5.32 Å². The Balaban J connectivity index is 1.87. The molecular formula is C20H21ClN2O2S. The lowest BCUT2D eigenvalue weighted by molar-refractivity contribution is -0.115. The Morgan fingerprint density at radius 3 is 2.81 bits per heavy atom. The van der Waals surface area contributed by atoms with Crippen LogP contribution in [0, 0.1) is 0 Å². The zero-order valence-corrected chi connectivity index (χ0v) is 16.1. The Labute approximate surface area is 164 Å². The van der Waals surface area contributed by atoms with E-state index >= 15 is 0 Å². The van der Waals surface area contributed by atoms with E-state index < -0.39 is 0 Å². The van der Waals surface area contributed by atoms with E-state index in [9.17, 15) is 4.79 Å². The number of thiocarbonyl (C=S) groups is 1. The van der Waals surface area contributed by atoms with Crippen molar-refractivity contribution < 1.29 is 9.53 Å². The molecule has 0 aliphatic heterocycles. The van der Waals surface area contributed by atoms with Crippen LogP contribution in [-0.4, -0.2) is 17.6 Å². The van der Waals surface area contributed by atoms with Gasteiger partial charge in [-0.25, -0.2) is 0 Å². The molecule has 0 unspecified atom stereocenters. The fraction of sp³-hybridized carbons (Fsp3) is 0.200. The third-order valence-corrected chi connectivity index (χ3v) is 3.96. The minimum atomic E-state index is -0.335. The minimum absolute atomic E-state index is 0.213. The van der Waals surface area contributed by atoms with Crippen LogP contribution in [-0.2, 0) is 4.79 Å². The highest BCUT2D eigenvalue weighted by Gasteiger charge is 2.03. The molecule has 0 aliphatic rings. The van der Waals surface area contributed by atoms with Crippen LogP contribution < -0.4 is 15.4 Å². The van der Waals surface area contributed by atoms with Gasteiger partial charge >= 0.3 is 0 Å². The van der Waals surface area contributed by atoms with E-state index in [0.717, 1.165) is 29.8 Å². The molecule has 0 bridgehead atoms. The number of halogens is 1. The predicted octanol–water partition coefficient (Wildman–Crippen LogP) is 5.05. The number of anilines is 1. The summed E-state index contributed by atoms with van der Waals surface area (Å²) in [6, 6.07) is 14.7. The minimum Gasteiger partial charge on any atom is -0.494 e. The fourth-order valence-corrected chi connectivity index (χ4v) is 2.51. The molecule has 0 saturated carbocycles. The molecule has 136 valence electrons. The average molecular weight is 389 g/mol. The van der Waals surface area contributed by atoms with Crippen molar-refractivity contribution in [3.05, 3.63) is 65.2 Å². The zero-order chi connectivity index (χ0) is 18.8. The monoisotopic (exact) mass is 388 g/mol. The summed E-state index contributed by atoms with van der Waals surface area (Å²) >= 11 is 11.2. The van der Waals surface area contributed by atoms with Crippen LogP contribution in [0.4, 0.5) is 5.69 Å². The summed E-state index contributed by atoms with van der Waals surface area (Å²) in [4.78, 5) is 12.0. The summed E-state index contributed by atoms with van der Waals surface area (Å²) in [6.45, 7) is 2.79. The van der Waals surface area contributed by atoms with Crippen LogP contribution in [0.15, 0.2) is 54.6 Å². The fourth-order valence-electron chi connectivity index (χ4n) is 2.09. The van der Waals surface area contributed by atoms with Gasteiger partial charge in [-0.05, 0) is 48.5 Å². The van der Waals surface area contributed by atoms with E-state index in [1.54, 1.807) is 12.1 Å². The summed E-state index contributed by atoms with van der Waals surface area (Å²) in [6.07, 6.45) is 5.11. The third kappa shape index (κ3) is 6.86. The van der Waals surface area contributed by atoms with Gasteiger partial charge in [0.05, 0.1) is 6.61 Å². The first-order valence-electron chi connectivity index (χ1n) is 8.36. The Morgan fingerprint density at radius 1 is 1.23 bits per heavy atom. The standard InChI is InChI=1S/C20H21ClN2O2S/c1-2-3-13-25-17-9-6-8-16(14-17)22-20(26)23-19(24)12-11-15-7-4-5-10-18(15)21/h4-12,14H,2-3,13H2,1H3,(H2,22,23,24,26)/b12-11+. The van der Waals surface area contributed by atoms with Crippen molar-refractivity contribution in [2.45, 2.75) is 19.8 Å². The Kier molecular flexibility index (Phi) is 8.12. The third-order valence-electron chi connectivity index (χ3n) is 3.41. The summed E-state index contributed by atoms with van der Waals surface area (Å²) in [5.74, 6) is 0.425. The summed E-state index contributed by atoms with van der Waals surface area (Å²) < 4.78 is 5.65. The van der Waals surface area contributed by atoms with Gasteiger partial charge in [0, 0.05) is 22.9 Å². The molecule has 2 aromatic carbocycles. The van der Waals surface area contributed by atoms with E-state index in [1.807, 2.05) is 42.5 Å². The number of carbonyl (C=O) groups excluding carboxylic acids is 1. The molecule has 0 spiro atoms. The van der Waals surface area contributed by atoms with Gasteiger partial charge in [-0.3, -0.25) is 10.1 Å². The molecule has 2 N–H and O–H groups in total. The number of benzene rings is 2. The van der Waals surface area contributed by atoms with E-state index in [1.165, 1.54) is 6.08 Å². The molecule has 0 radical (unpaired) electrons. The van der Waals surface area contributed by atoms with Crippen molar-refractivity contribution in [2.75, 3.05) is 11.9 Å². The molecule has 1 amide bonds. The SMILES string of the molecule is CCCCOc1cccc(NC(=S)NC(=O)/C=C/c2ccccc2Cl)c1. The number of hydrogen-bond acceptors (Lipinski definition) is 3. The number of amides is 1. The molecule has 26 heavy (non-hydrogen) atoms. The maximum atomic E-state index is 12.0. The molecule has 0 aliphatic carbocycles. The van der Waals surface area contributed by atoms with Gasteiger partial charge in [-0.15, -0.1) is 0 Å². The predicted molar refractivity (Wildman–Crippen MR) is 112 cm³/mol. The number of unbranched alkanes of at least 4 members (excludes halogenated alkanes) is 1. The highest BCUT2D eigenvalue weighted by atomic mass is 35.5. The van der Waals surface area contributed by atoms with Crippen LogP contribution in [0.25, 0.3) is 6.08 Å².